The Morgan fingerprint density at radius 2 is 1.12 bits per heavy atom. The fourth-order valence-electron chi connectivity index (χ4n) is 3.95. The predicted octanol–water partition coefficient (Wildman–Crippen LogP) is 2.80. The molecule has 2 heteroatoms. The Morgan fingerprint density at radius 1 is 0.750 bits per heavy atom. The summed E-state index contributed by atoms with van der Waals surface area (Å²) in [5, 5.41) is 0. The largest absolute Gasteiger partial charge is 0.329 e. The second-order valence-corrected chi connectivity index (χ2v) is 5.99. The zero-order valence-corrected chi connectivity index (χ0v) is 10.6. The lowest BCUT2D eigenvalue weighted by molar-refractivity contribution is 0.112. The zero-order valence-electron chi connectivity index (χ0n) is 10.6. The van der Waals surface area contributed by atoms with Crippen LogP contribution in [0.15, 0.2) is 0 Å². The van der Waals surface area contributed by atoms with Crippen molar-refractivity contribution < 1.29 is 0 Å². The molecule has 2 aliphatic carbocycles. The van der Waals surface area contributed by atoms with Crippen molar-refractivity contribution >= 4 is 0 Å². The Hall–Kier alpha value is -0.0800. The molecule has 0 radical (unpaired) electrons. The van der Waals surface area contributed by atoms with Crippen molar-refractivity contribution in [1.82, 2.24) is 0 Å². The van der Waals surface area contributed by atoms with Crippen LogP contribution in [0.2, 0.25) is 0 Å². The van der Waals surface area contributed by atoms with E-state index in [2.05, 4.69) is 0 Å². The van der Waals surface area contributed by atoms with E-state index in [-0.39, 0.29) is 5.54 Å². The molecule has 2 nitrogen and oxygen atoms in total. The Bertz CT molecular complexity index is 185. The summed E-state index contributed by atoms with van der Waals surface area (Å²) >= 11 is 0. The summed E-state index contributed by atoms with van der Waals surface area (Å²) in [6.07, 6.45) is 13.6. The SMILES string of the molecule is NCC(N)(C1CCCCC1)C1CCCCC1. The molecule has 2 saturated carbocycles. The first-order chi connectivity index (χ1) is 7.77. The Balaban J connectivity index is 2.03. The van der Waals surface area contributed by atoms with Gasteiger partial charge < -0.3 is 11.5 Å². The van der Waals surface area contributed by atoms with Crippen LogP contribution in [0.3, 0.4) is 0 Å². The third-order valence-electron chi connectivity index (χ3n) is 5.08. The van der Waals surface area contributed by atoms with Gasteiger partial charge in [-0.05, 0) is 37.5 Å². The highest BCUT2D eigenvalue weighted by molar-refractivity contribution is 4.99. The molecule has 4 N–H and O–H groups in total. The van der Waals surface area contributed by atoms with E-state index in [0.29, 0.717) is 18.4 Å². The molecular formula is C14H28N2. The van der Waals surface area contributed by atoms with Gasteiger partial charge >= 0.3 is 0 Å². The standard InChI is InChI=1S/C14H28N2/c15-11-14(16,12-7-3-1-4-8-12)13-9-5-2-6-10-13/h12-13H,1-11,15-16H2. The van der Waals surface area contributed by atoms with Gasteiger partial charge in [0.25, 0.3) is 0 Å². The maximum Gasteiger partial charge on any atom is 0.0335 e. The molecule has 0 atom stereocenters. The second-order valence-electron chi connectivity index (χ2n) is 5.99. The highest BCUT2D eigenvalue weighted by Gasteiger charge is 2.41. The normalized spacial score (nSPS) is 25.9. The second kappa shape index (κ2) is 5.50. The third-order valence-corrected chi connectivity index (χ3v) is 5.08. The first-order valence-electron chi connectivity index (χ1n) is 7.26. The molecule has 16 heavy (non-hydrogen) atoms. The van der Waals surface area contributed by atoms with Crippen molar-refractivity contribution in [2.75, 3.05) is 6.54 Å². The Labute approximate surface area is 100 Å². The molecule has 0 bridgehead atoms. The van der Waals surface area contributed by atoms with Crippen molar-refractivity contribution in [2.45, 2.75) is 69.7 Å². The number of hydrogen-bond donors (Lipinski definition) is 2. The fraction of sp³-hybridized carbons (Fsp3) is 1.00. The summed E-state index contributed by atoms with van der Waals surface area (Å²) < 4.78 is 0. The highest BCUT2D eigenvalue weighted by Crippen LogP contribution is 2.40. The topological polar surface area (TPSA) is 52.0 Å². The smallest absolute Gasteiger partial charge is 0.0335 e. The minimum absolute atomic E-state index is 0.0408. The molecule has 0 aliphatic heterocycles. The van der Waals surface area contributed by atoms with Gasteiger partial charge in [0.1, 0.15) is 0 Å². The Kier molecular flexibility index (Phi) is 4.26. The van der Waals surface area contributed by atoms with E-state index in [1.54, 1.807) is 0 Å². The van der Waals surface area contributed by atoms with Gasteiger partial charge in [0.2, 0.25) is 0 Å². The molecule has 0 aromatic carbocycles. The first-order valence-corrected chi connectivity index (χ1v) is 7.26. The third kappa shape index (κ3) is 2.43. The van der Waals surface area contributed by atoms with E-state index in [9.17, 15) is 0 Å². The molecular weight excluding hydrogens is 196 g/mol. The average Bonchev–Trinajstić information content (AvgIpc) is 2.40. The summed E-state index contributed by atoms with van der Waals surface area (Å²) in [6, 6.07) is 0. The van der Waals surface area contributed by atoms with E-state index >= 15 is 0 Å². The quantitative estimate of drug-likeness (QED) is 0.774. The number of hydrogen-bond acceptors (Lipinski definition) is 2. The maximum absolute atomic E-state index is 6.72. The minimum Gasteiger partial charge on any atom is -0.329 e. The van der Waals surface area contributed by atoms with Crippen LogP contribution in [0.25, 0.3) is 0 Å². The zero-order chi connectivity index (χ0) is 11.4. The van der Waals surface area contributed by atoms with Crippen LogP contribution in [-0.2, 0) is 0 Å². The van der Waals surface area contributed by atoms with E-state index < -0.39 is 0 Å². The lowest BCUT2D eigenvalue weighted by Crippen LogP contribution is -2.59. The van der Waals surface area contributed by atoms with Gasteiger partial charge in [-0.25, -0.2) is 0 Å². The Morgan fingerprint density at radius 3 is 1.44 bits per heavy atom. The molecule has 0 amide bonds. The summed E-state index contributed by atoms with van der Waals surface area (Å²) in [6.45, 7) is 0.697. The lowest BCUT2D eigenvalue weighted by Gasteiger charge is -2.46. The summed E-state index contributed by atoms with van der Waals surface area (Å²) in [5.74, 6) is 1.41. The van der Waals surface area contributed by atoms with Gasteiger partial charge in [0, 0.05) is 12.1 Å². The van der Waals surface area contributed by atoms with Crippen molar-refractivity contribution in [3.8, 4) is 0 Å². The first kappa shape index (κ1) is 12.4. The van der Waals surface area contributed by atoms with Gasteiger partial charge in [-0.2, -0.15) is 0 Å². The number of rotatable bonds is 3. The van der Waals surface area contributed by atoms with Crippen molar-refractivity contribution in [2.24, 2.45) is 23.3 Å². The molecule has 0 spiro atoms. The molecule has 0 aromatic heterocycles. The van der Waals surface area contributed by atoms with Crippen LogP contribution < -0.4 is 11.5 Å². The van der Waals surface area contributed by atoms with Crippen LogP contribution in [0.5, 0.6) is 0 Å². The van der Waals surface area contributed by atoms with Gasteiger partial charge in [-0.15, -0.1) is 0 Å². The van der Waals surface area contributed by atoms with Gasteiger partial charge in [0.15, 0.2) is 0 Å². The van der Waals surface area contributed by atoms with Crippen molar-refractivity contribution in [3.63, 3.8) is 0 Å². The molecule has 0 aromatic rings. The molecule has 2 fully saturated rings. The highest BCUT2D eigenvalue weighted by atomic mass is 14.8. The summed E-state index contributed by atoms with van der Waals surface area (Å²) in [7, 11) is 0. The van der Waals surface area contributed by atoms with Gasteiger partial charge in [-0.1, -0.05) is 38.5 Å². The molecule has 94 valence electrons. The van der Waals surface area contributed by atoms with Crippen molar-refractivity contribution in [1.29, 1.82) is 0 Å². The van der Waals surface area contributed by atoms with E-state index in [0.717, 1.165) is 0 Å². The maximum atomic E-state index is 6.72. The summed E-state index contributed by atoms with van der Waals surface area (Å²) in [4.78, 5) is 0. The van der Waals surface area contributed by atoms with E-state index in [1.165, 1.54) is 64.2 Å². The summed E-state index contributed by atoms with van der Waals surface area (Å²) in [5.41, 5.74) is 12.7. The minimum atomic E-state index is -0.0408. The van der Waals surface area contributed by atoms with E-state index in [1.807, 2.05) is 0 Å². The predicted molar refractivity (Wildman–Crippen MR) is 69.1 cm³/mol. The van der Waals surface area contributed by atoms with Crippen LogP contribution in [0.4, 0.5) is 0 Å². The van der Waals surface area contributed by atoms with Gasteiger partial charge in [-0.3, -0.25) is 0 Å². The van der Waals surface area contributed by atoms with Crippen LogP contribution in [0, 0.1) is 11.8 Å². The monoisotopic (exact) mass is 224 g/mol. The average molecular weight is 224 g/mol. The molecule has 2 rings (SSSR count). The molecule has 0 saturated heterocycles. The molecule has 0 heterocycles. The van der Waals surface area contributed by atoms with Crippen LogP contribution in [0.1, 0.15) is 64.2 Å². The van der Waals surface area contributed by atoms with Crippen LogP contribution >= 0.6 is 0 Å². The number of nitrogens with two attached hydrogens (primary N) is 2. The fourth-order valence-corrected chi connectivity index (χ4v) is 3.95. The van der Waals surface area contributed by atoms with Crippen molar-refractivity contribution in [3.05, 3.63) is 0 Å². The van der Waals surface area contributed by atoms with E-state index in [4.69, 9.17) is 11.5 Å². The lowest BCUT2D eigenvalue weighted by atomic mass is 9.65. The molecule has 2 aliphatic rings. The molecule has 0 unspecified atom stereocenters. The van der Waals surface area contributed by atoms with Crippen LogP contribution in [-0.4, -0.2) is 12.1 Å². The van der Waals surface area contributed by atoms with Gasteiger partial charge in [0.05, 0.1) is 0 Å².